The molecule has 0 amide bonds. The molecule has 0 aromatic carbocycles. The van der Waals surface area contributed by atoms with E-state index in [4.69, 9.17) is 15.0 Å². The number of carboxylic acid groups (broad SMARTS) is 1. The van der Waals surface area contributed by atoms with Crippen LogP contribution in [0.15, 0.2) is 0 Å². The van der Waals surface area contributed by atoms with E-state index < -0.39 is 24.5 Å². The van der Waals surface area contributed by atoms with Gasteiger partial charge in [-0.1, -0.05) is 0 Å². The Hall–Kier alpha value is -0.610. The second-order valence-electron chi connectivity index (χ2n) is 1.96. The third-order valence-electron chi connectivity index (χ3n) is 0.872. The highest BCUT2D eigenvalue weighted by atomic mass is 16.4. The standard InChI is InChI=1S/C5H11NO3/c1-5(2,9)3(6)4(7)8/h3,9H,6H2,1-2H3,(H,7,8)/t3-/m1/s1/i1D3/t3-,5?. The van der Waals surface area contributed by atoms with E-state index >= 15 is 0 Å². The lowest BCUT2D eigenvalue weighted by molar-refractivity contribution is -0.143. The molecule has 1 unspecified atom stereocenters. The minimum Gasteiger partial charge on any atom is -0.480 e. The number of aliphatic hydroxyl groups is 1. The molecule has 0 aliphatic heterocycles. The summed E-state index contributed by atoms with van der Waals surface area (Å²) in [4.78, 5) is 10.3. The fourth-order valence-electron chi connectivity index (χ4n) is 0.240. The summed E-state index contributed by atoms with van der Waals surface area (Å²) < 4.78 is 20.4. The van der Waals surface area contributed by atoms with Crippen LogP contribution in [0.1, 0.15) is 17.9 Å². The van der Waals surface area contributed by atoms with Gasteiger partial charge >= 0.3 is 5.97 Å². The minimum absolute atomic E-state index is 0.874. The first-order valence-electron chi connectivity index (χ1n) is 3.81. The van der Waals surface area contributed by atoms with E-state index in [1.165, 1.54) is 0 Å². The van der Waals surface area contributed by atoms with E-state index in [9.17, 15) is 9.90 Å². The van der Waals surface area contributed by atoms with E-state index in [1.54, 1.807) is 0 Å². The van der Waals surface area contributed by atoms with Crippen molar-refractivity contribution in [2.45, 2.75) is 25.4 Å². The molecule has 54 valence electrons. The molecule has 0 bridgehead atoms. The van der Waals surface area contributed by atoms with Crippen molar-refractivity contribution < 1.29 is 19.1 Å². The van der Waals surface area contributed by atoms with Gasteiger partial charge in [-0.25, -0.2) is 0 Å². The molecule has 0 aliphatic carbocycles. The Morgan fingerprint density at radius 2 is 2.44 bits per heavy atom. The first kappa shape index (κ1) is 4.24. The van der Waals surface area contributed by atoms with Crippen molar-refractivity contribution in [2.24, 2.45) is 5.73 Å². The molecular weight excluding hydrogens is 122 g/mol. The summed E-state index contributed by atoms with van der Waals surface area (Å²) in [6, 6.07) is -1.81. The molecule has 0 rings (SSSR count). The average Bonchev–Trinajstić information content (AvgIpc) is 1.83. The van der Waals surface area contributed by atoms with Gasteiger partial charge in [0.05, 0.1) is 5.60 Å². The smallest absolute Gasteiger partial charge is 0.323 e. The molecule has 0 saturated carbocycles. The summed E-state index contributed by atoms with van der Waals surface area (Å²) in [7, 11) is 0. The fraction of sp³-hybridized carbons (Fsp3) is 0.800. The van der Waals surface area contributed by atoms with E-state index in [-0.39, 0.29) is 0 Å². The zero-order valence-electron chi connectivity index (χ0n) is 7.96. The molecule has 0 saturated heterocycles. The van der Waals surface area contributed by atoms with E-state index in [0.29, 0.717) is 0 Å². The quantitative estimate of drug-likeness (QED) is 0.462. The van der Waals surface area contributed by atoms with Gasteiger partial charge in [0.1, 0.15) is 6.04 Å². The van der Waals surface area contributed by atoms with Crippen LogP contribution < -0.4 is 5.73 Å². The second-order valence-corrected chi connectivity index (χ2v) is 1.96. The Morgan fingerprint density at radius 3 is 2.56 bits per heavy atom. The molecular formula is C5H11NO3. The van der Waals surface area contributed by atoms with Gasteiger partial charge in [-0.3, -0.25) is 4.79 Å². The van der Waals surface area contributed by atoms with Gasteiger partial charge in [-0.05, 0) is 13.8 Å². The van der Waals surface area contributed by atoms with Crippen molar-refractivity contribution >= 4 is 5.97 Å². The van der Waals surface area contributed by atoms with Gasteiger partial charge in [0, 0.05) is 4.11 Å². The topological polar surface area (TPSA) is 83.5 Å². The predicted molar refractivity (Wildman–Crippen MR) is 31.9 cm³/mol. The van der Waals surface area contributed by atoms with Crippen molar-refractivity contribution in [3.8, 4) is 0 Å². The second kappa shape index (κ2) is 2.33. The highest BCUT2D eigenvalue weighted by molar-refractivity contribution is 5.74. The Balaban J connectivity index is 4.73. The van der Waals surface area contributed by atoms with Crippen molar-refractivity contribution in [3.63, 3.8) is 0 Å². The van der Waals surface area contributed by atoms with Crippen molar-refractivity contribution in [1.82, 2.24) is 0 Å². The first-order chi connectivity index (χ1) is 5.10. The maximum absolute atomic E-state index is 10.3. The molecule has 0 aliphatic rings. The Labute approximate surface area is 57.5 Å². The van der Waals surface area contributed by atoms with Crippen LogP contribution >= 0.6 is 0 Å². The number of rotatable bonds is 2. The molecule has 0 fully saturated rings. The normalized spacial score (nSPS) is 26.8. The maximum atomic E-state index is 10.3. The number of aliphatic carboxylic acids is 1. The summed E-state index contributed by atoms with van der Waals surface area (Å²) >= 11 is 0. The third-order valence-corrected chi connectivity index (χ3v) is 0.872. The molecule has 9 heavy (non-hydrogen) atoms. The van der Waals surface area contributed by atoms with E-state index in [0.717, 1.165) is 6.92 Å². The molecule has 4 N–H and O–H groups in total. The first-order valence-corrected chi connectivity index (χ1v) is 2.31. The number of nitrogens with two attached hydrogens (primary N) is 1. The van der Waals surface area contributed by atoms with Gasteiger partial charge in [0.15, 0.2) is 0 Å². The number of carboxylic acids is 1. The van der Waals surface area contributed by atoms with Gasteiger partial charge in [0.2, 0.25) is 0 Å². The number of hydrogen-bond acceptors (Lipinski definition) is 3. The molecule has 0 aromatic rings. The highest BCUT2D eigenvalue weighted by Crippen LogP contribution is 2.04. The zero-order chi connectivity index (χ0) is 10.2. The maximum Gasteiger partial charge on any atom is 0.323 e. The summed E-state index contributed by atoms with van der Waals surface area (Å²) in [6.07, 6.45) is 0. The van der Waals surface area contributed by atoms with Crippen LogP contribution in [0.4, 0.5) is 0 Å². The lowest BCUT2D eigenvalue weighted by Crippen LogP contribution is -2.48. The summed E-state index contributed by atoms with van der Waals surface area (Å²) in [5, 5.41) is 17.6. The van der Waals surface area contributed by atoms with Crippen LogP contribution in [0.2, 0.25) is 0 Å². The SMILES string of the molecule is [2H]C([2H])([2H])C(C)(O)[C@H](N)C(=O)O. The van der Waals surface area contributed by atoms with Crippen LogP contribution in [0.5, 0.6) is 0 Å². The third kappa shape index (κ3) is 2.43. The predicted octanol–water partition coefficient (Wildman–Crippen LogP) is -0.831. The van der Waals surface area contributed by atoms with Crippen molar-refractivity contribution in [1.29, 1.82) is 0 Å². The fourth-order valence-corrected chi connectivity index (χ4v) is 0.240. The summed E-state index contributed by atoms with van der Waals surface area (Å²) in [6.45, 7) is -1.93. The molecule has 0 spiro atoms. The lowest BCUT2D eigenvalue weighted by atomic mass is 10.0. The Bertz CT molecular complexity index is 189. The van der Waals surface area contributed by atoms with Crippen LogP contribution in [0.3, 0.4) is 0 Å². The monoisotopic (exact) mass is 136 g/mol. The van der Waals surface area contributed by atoms with Gasteiger partial charge in [-0.2, -0.15) is 0 Å². The summed E-state index contributed by atoms with van der Waals surface area (Å²) in [5.41, 5.74) is 2.57. The number of hydrogen-bond donors (Lipinski definition) is 3. The van der Waals surface area contributed by atoms with Crippen LogP contribution in [-0.2, 0) is 4.79 Å². The van der Waals surface area contributed by atoms with E-state index in [1.807, 2.05) is 0 Å². The van der Waals surface area contributed by atoms with Crippen LogP contribution in [0, 0.1) is 0 Å². The van der Waals surface area contributed by atoms with Gasteiger partial charge < -0.3 is 15.9 Å². The molecule has 2 atom stereocenters. The van der Waals surface area contributed by atoms with Crippen LogP contribution in [0.25, 0.3) is 0 Å². The molecule has 0 heterocycles. The van der Waals surface area contributed by atoms with E-state index in [2.05, 4.69) is 0 Å². The largest absolute Gasteiger partial charge is 0.480 e. The van der Waals surface area contributed by atoms with Gasteiger partial charge in [-0.15, -0.1) is 0 Å². The number of carbonyl (C=O) groups is 1. The molecule has 0 radical (unpaired) electrons. The van der Waals surface area contributed by atoms with Crippen molar-refractivity contribution in [3.05, 3.63) is 0 Å². The Kier molecular flexibility index (Phi) is 1.10. The van der Waals surface area contributed by atoms with Gasteiger partial charge in [0.25, 0.3) is 0 Å². The summed E-state index contributed by atoms with van der Waals surface area (Å²) in [5.74, 6) is -1.55. The molecule has 4 nitrogen and oxygen atoms in total. The Morgan fingerprint density at radius 1 is 2.00 bits per heavy atom. The van der Waals surface area contributed by atoms with Crippen molar-refractivity contribution in [2.75, 3.05) is 0 Å². The highest BCUT2D eigenvalue weighted by Gasteiger charge is 2.28. The average molecular weight is 136 g/mol. The molecule has 4 heteroatoms. The zero-order valence-corrected chi connectivity index (χ0v) is 4.96. The lowest BCUT2D eigenvalue weighted by Gasteiger charge is -2.20. The minimum atomic E-state index is -2.80. The van der Waals surface area contributed by atoms with Crippen LogP contribution in [-0.4, -0.2) is 27.8 Å². The molecule has 0 aromatic heterocycles.